The average Bonchev–Trinajstić information content (AvgIpc) is 3.09. The number of hydrogen-bond donors (Lipinski definition) is 1. The maximum atomic E-state index is 12.5. The smallest absolute Gasteiger partial charge is 0.253 e. The molecule has 1 saturated heterocycles. The van der Waals surface area contributed by atoms with Crippen molar-refractivity contribution in [2.45, 2.75) is 32.7 Å². The zero-order valence-electron chi connectivity index (χ0n) is 16.7. The van der Waals surface area contributed by atoms with Crippen LogP contribution in [0.1, 0.15) is 37.0 Å². The first-order valence-electron chi connectivity index (χ1n) is 9.51. The van der Waals surface area contributed by atoms with E-state index in [2.05, 4.69) is 5.32 Å². The number of anilines is 1. The van der Waals surface area contributed by atoms with Crippen molar-refractivity contribution in [2.75, 3.05) is 45.6 Å². The molecule has 0 spiro atoms. The first-order chi connectivity index (χ1) is 12.9. The fourth-order valence-corrected chi connectivity index (χ4v) is 3.40. The van der Waals surface area contributed by atoms with Gasteiger partial charge in [0.05, 0.1) is 12.6 Å². The number of hydrogen-bond acceptors (Lipinski definition) is 4. The van der Waals surface area contributed by atoms with Crippen molar-refractivity contribution in [1.29, 1.82) is 0 Å². The molecule has 0 aromatic heterocycles. The number of carbonyl (C=O) groups excluding carboxylic acids is 3. The van der Waals surface area contributed by atoms with Gasteiger partial charge in [0.15, 0.2) is 0 Å². The van der Waals surface area contributed by atoms with Crippen LogP contribution in [-0.4, -0.2) is 78.7 Å². The fourth-order valence-electron chi connectivity index (χ4n) is 3.40. The molecule has 1 fully saturated rings. The van der Waals surface area contributed by atoms with Gasteiger partial charge in [-0.3, -0.25) is 19.3 Å². The summed E-state index contributed by atoms with van der Waals surface area (Å²) in [4.78, 5) is 42.4. The Morgan fingerprint density at radius 1 is 1.19 bits per heavy atom. The van der Waals surface area contributed by atoms with E-state index in [0.717, 1.165) is 19.4 Å². The second kappa shape index (κ2) is 9.50. The summed E-state index contributed by atoms with van der Waals surface area (Å²) >= 11 is 0. The van der Waals surface area contributed by atoms with Crippen molar-refractivity contribution in [3.63, 3.8) is 0 Å². The molecule has 1 N–H and O–H groups in total. The summed E-state index contributed by atoms with van der Waals surface area (Å²) in [6, 6.07) is 6.75. The van der Waals surface area contributed by atoms with E-state index in [-0.39, 0.29) is 30.3 Å². The van der Waals surface area contributed by atoms with Gasteiger partial charge in [-0.05, 0) is 51.4 Å². The molecule has 1 unspecified atom stereocenters. The van der Waals surface area contributed by atoms with Gasteiger partial charge in [0.2, 0.25) is 11.8 Å². The fraction of sp³-hybridized carbons (Fsp3) is 0.550. The van der Waals surface area contributed by atoms with Crippen LogP contribution in [0.5, 0.6) is 0 Å². The topological polar surface area (TPSA) is 73.0 Å². The Morgan fingerprint density at radius 2 is 1.89 bits per heavy atom. The van der Waals surface area contributed by atoms with E-state index in [1.54, 1.807) is 48.2 Å². The maximum Gasteiger partial charge on any atom is 0.253 e. The Morgan fingerprint density at radius 3 is 2.52 bits per heavy atom. The lowest BCUT2D eigenvalue weighted by atomic mass is 10.1. The minimum absolute atomic E-state index is 0.0344. The van der Waals surface area contributed by atoms with E-state index in [9.17, 15) is 14.4 Å². The lowest BCUT2D eigenvalue weighted by Gasteiger charge is -2.25. The van der Waals surface area contributed by atoms with Crippen molar-refractivity contribution in [3.8, 4) is 0 Å². The van der Waals surface area contributed by atoms with Gasteiger partial charge in [-0.2, -0.15) is 0 Å². The van der Waals surface area contributed by atoms with Gasteiger partial charge in [0.25, 0.3) is 5.91 Å². The molecular formula is C20H30N4O3. The van der Waals surface area contributed by atoms with E-state index in [1.807, 2.05) is 18.7 Å². The molecule has 0 bridgehead atoms. The van der Waals surface area contributed by atoms with Crippen LogP contribution in [-0.2, 0) is 9.59 Å². The number of likely N-dealkylation sites (N-methyl/N-ethyl adjacent to an activating group) is 1. The monoisotopic (exact) mass is 374 g/mol. The Bertz CT molecular complexity index is 686. The highest BCUT2D eigenvalue weighted by molar-refractivity contribution is 5.97. The summed E-state index contributed by atoms with van der Waals surface area (Å²) in [7, 11) is 3.47. The van der Waals surface area contributed by atoms with Crippen LogP contribution in [0.4, 0.5) is 5.69 Å². The lowest BCUT2D eigenvalue weighted by molar-refractivity contribution is -0.133. The summed E-state index contributed by atoms with van der Waals surface area (Å²) in [5.41, 5.74) is 1.14. The number of nitrogens with one attached hydrogen (secondary N) is 1. The molecule has 0 saturated carbocycles. The molecule has 1 aliphatic rings. The molecule has 27 heavy (non-hydrogen) atoms. The molecule has 1 heterocycles. The van der Waals surface area contributed by atoms with Gasteiger partial charge in [-0.25, -0.2) is 0 Å². The van der Waals surface area contributed by atoms with E-state index in [1.165, 1.54) is 0 Å². The Kier molecular flexibility index (Phi) is 7.36. The van der Waals surface area contributed by atoms with Crippen LogP contribution in [0.25, 0.3) is 0 Å². The minimum atomic E-state index is -0.235. The lowest BCUT2D eigenvalue weighted by Crippen LogP contribution is -2.45. The highest BCUT2D eigenvalue weighted by Gasteiger charge is 2.32. The van der Waals surface area contributed by atoms with Crippen LogP contribution >= 0.6 is 0 Å². The van der Waals surface area contributed by atoms with E-state index < -0.39 is 0 Å². The van der Waals surface area contributed by atoms with Gasteiger partial charge >= 0.3 is 0 Å². The summed E-state index contributed by atoms with van der Waals surface area (Å²) in [6.07, 6.45) is 1.68. The zero-order valence-corrected chi connectivity index (χ0v) is 16.7. The number of rotatable bonds is 7. The van der Waals surface area contributed by atoms with E-state index in [0.29, 0.717) is 24.3 Å². The molecular weight excluding hydrogens is 344 g/mol. The first kappa shape index (κ1) is 20.9. The van der Waals surface area contributed by atoms with Gasteiger partial charge in [0.1, 0.15) is 0 Å². The molecule has 2 rings (SSSR count). The third-order valence-corrected chi connectivity index (χ3v) is 4.88. The molecule has 1 aromatic rings. The molecule has 3 amide bonds. The summed E-state index contributed by atoms with van der Waals surface area (Å²) in [5.74, 6) is -0.194. The van der Waals surface area contributed by atoms with Gasteiger partial charge in [-0.15, -0.1) is 0 Å². The minimum Gasteiger partial charge on any atom is -0.347 e. The SMILES string of the molecule is CCN(CC)C(=O)c1cccc(NC(=O)CN2CCCC2C(=O)N(C)C)c1. The molecule has 0 aliphatic carbocycles. The number of carbonyl (C=O) groups is 3. The van der Waals surface area contributed by atoms with Crippen LogP contribution in [0.15, 0.2) is 24.3 Å². The Balaban J connectivity index is 2.01. The quantitative estimate of drug-likeness (QED) is 0.788. The van der Waals surface area contributed by atoms with Crippen molar-refractivity contribution < 1.29 is 14.4 Å². The summed E-state index contributed by atoms with van der Waals surface area (Å²) < 4.78 is 0. The number of amides is 3. The standard InChI is InChI=1S/C20H30N4O3/c1-5-23(6-2)19(26)15-9-7-10-16(13-15)21-18(25)14-24-12-8-11-17(24)20(27)22(3)4/h7,9-10,13,17H,5-6,8,11-12,14H2,1-4H3,(H,21,25). The number of nitrogens with zero attached hydrogens (tertiary/aromatic N) is 3. The van der Waals surface area contributed by atoms with Crippen LogP contribution in [0, 0.1) is 0 Å². The predicted octanol–water partition coefficient (Wildman–Crippen LogP) is 1.66. The third-order valence-electron chi connectivity index (χ3n) is 4.88. The number of benzene rings is 1. The first-order valence-corrected chi connectivity index (χ1v) is 9.51. The highest BCUT2D eigenvalue weighted by Crippen LogP contribution is 2.19. The number of likely N-dealkylation sites (tertiary alicyclic amines) is 1. The van der Waals surface area contributed by atoms with Crippen molar-refractivity contribution in [1.82, 2.24) is 14.7 Å². The summed E-state index contributed by atoms with van der Waals surface area (Å²) in [5, 5.41) is 2.85. The molecule has 0 radical (unpaired) electrons. The van der Waals surface area contributed by atoms with Crippen molar-refractivity contribution in [3.05, 3.63) is 29.8 Å². The van der Waals surface area contributed by atoms with Crippen LogP contribution in [0.2, 0.25) is 0 Å². The van der Waals surface area contributed by atoms with E-state index in [4.69, 9.17) is 0 Å². The molecule has 7 nitrogen and oxygen atoms in total. The highest BCUT2D eigenvalue weighted by atomic mass is 16.2. The second-order valence-corrected chi connectivity index (χ2v) is 6.97. The van der Waals surface area contributed by atoms with Crippen molar-refractivity contribution >= 4 is 23.4 Å². The molecule has 7 heteroatoms. The van der Waals surface area contributed by atoms with E-state index >= 15 is 0 Å². The van der Waals surface area contributed by atoms with Gasteiger partial charge < -0.3 is 15.1 Å². The van der Waals surface area contributed by atoms with Crippen LogP contribution < -0.4 is 5.32 Å². The molecule has 1 aromatic carbocycles. The Hall–Kier alpha value is -2.41. The molecule has 1 atom stereocenters. The zero-order chi connectivity index (χ0) is 20.0. The molecule has 1 aliphatic heterocycles. The second-order valence-electron chi connectivity index (χ2n) is 6.97. The van der Waals surface area contributed by atoms with Gasteiger partial charge in [0, 0.05) is 38.4 Å². The molecule has 148 valence electrons. The largest absolute Gasteiger partial charge is 0.347 e. The summed E-state index contributed by atoms with van der Waals surface area (Å²) in [6.45, 7) is 6.06. The third kappa shape index (κ3) is 5.29. The normalized spacial score (nSPS) is 16.8. The average molecular weight is 374 g/mol. The Labute approximate surface area is 161 Å². The predicted molar refractivity (Wildman–Crippen MR) is 106 cm³/mol. The van der Waals surface area contributed by atoms with Crippen LogP contribution in [0.3, 0.4) is 0 Å². The van der Waals surface area contributed by atoms with Crippen molar-refractivity contribution in [2.24, 2.45) is 0 Å². The maximum absolute atomic E-state index is 12.5. The van der Waals surface area contributed by atoms with Gasteiger partial charge in [-0.1, -0.05) is 6.07 Å².